The zero-order chi connectivity index (χ0) is 13.8. The summed E-state index contributed by atoms with van der Waals surface area (Å²) in [7, 11) is 0.422. The Kier molecular flexibility index (Phi) is 4.69. The number of ether oxygens (including phenoxy) is 2. The zero-order valence-corrected chi connectivity index (χ0v) is 11.2. The smallest absolute Gasteiger partial charge is 0.246 e. The van der Waals surface area contributed by atoms with Crippen LogP contribution in [0, 0.1) is 0 Å². The van der Waals surface area contributed by atoms with Gasteiger partial charge in [-0.25, -0.2) is 8.42 Å². The first kappa shape index (κ1) is 14.5. The normalized spacial score (nSPS) is 11.3. The van der Waals surface area contributed by atoms with Gasteiger partial charge < -0.3 is 14.3 Å². The van der Waals surface area contributed by atoms with Crippen molar-refractivity contribution < 1.29 is 22.7 Å². The van der Waals surface area contributed by atoms with E-state index in [1.165, 1.54) is 39.5 Å². The minimum atomic E-state index is -3.75. The topological polar surface area (TPSA) is 72.9 Å². The average Bonchev–Trinajstić information content (AvgIpc) is 2.38. The molecule has 0 heterocycles. The summed E-state index contributed by atoms with van der Waals surface area (Å²) in [6.45, 7) is -0.211. The van der Waals surface area contributed by atoms with Crippen molar-refractivity contribution in [1.29, 1.82) is 0 Å². The first-order valence-electron chi connectivity index (χ1n) is 5.09. The molecule has 0 aliphatic rings. The van der Waals surface area contributed by atoms with Crippen molar-refractivity contribution >= 4 is 16.3 Å². The van der Waals surface area contributed by atoms with Crippen molar-refractivity contribution in [2.75, 3.05) is 27.8 Å². The van der Waals surface area contributed by atoms with Crippen molar-refractivity contribution in [2.45, 2.75) is 4.90 Å². The molecule has 0 saturated heterocycles. The molecule has 0 amide bonds. The highest BCUT2D eigenvalue weighted by molar-refractivity contribution is 7.89. The van der Waals surface area contributed by atoms with Gasteiger partial charge in [0.25, 0.3) is 0 Å². The number of hydrogen-bond donors (Lipinski definition) is 0. The molecule has 0 atom stereocenters. The number of benzene rings is 1. The van der Waals surface area contributed by atoms with Crippen molar-refractivity contribution in [1.82, 2.24) is 4.31 Å². The average molecular weight is 273 g/mol. The van der Waals surface area contributed by atoms with Crippen molar-refractivity contribution in [3.8, 4) is 11.5 Å². The lowest BCUT2D eigenvalue weighted by Crippen LogP contribution is -2.28. The van der Waals surface area contributed by atoms with Crippen LogP contribution in [0.4, 0.5) is 0 Å². The molecule has 0 aliphatic carbocycles. The summed E-state index contributed by atoms with van der Waals surface area (Å²) in [5.41, 5.74) is 0. The Balaban J connectivity index is 3.27. The number of nitrogens with zero attached hydrogens (tertiary/aromatic N) is 1. The van der Waals surface area contributed by atoms with Crippen LogP contribution in [0.25, 0.3) is 0 Å². The van der Waals surface area contributed by atoms with Gasteiger partial charge in [0.05, 0.1) is 20.8 Å². The summed E-state index contributed by atoms with van der Waals surface area (Å²) in [5, 5.41) is 0. The molecule has 0 unspecified atom stereocenters. The number of methoxy groups -OCH3 is 2. The lowest BCUT2D eigenvalue weighted by molar-refractivity contribution is -0.107. The van der Waals surface area contributed by atoms with E-state index in [-0.39, 0.29) is 17.2 Å². The third-order valence-electron chi connectivity index (χ3n) is 2.39. The fourth-order valence-corrected chi connectivity index (χ4v) is 2.59. The minimum absolute atomic E-state index is 0.00449. The lowest BCUT2D eigenvalue weighted by Gasteiger charge is -2.16. The van der Waals surface area contributed by atoms with Crippen molar-refractivity contribution in [3.05, 3.63) is 18.2 Å². The molecular weight excluding hydrogens is 258 g/mol. The van der Waals surface area contributed by atoms with Crippen LogP contribution in [0.15, 0.2) is 23.1 Å². The standard InChI is InChI=1S/C11H15NO5S/c1-12(6-7-13)18(14,15)11-5-4-9(16-2)8-10(11)17-3/h4-5,7-8H,6H2,1-3H3. The number of likely N-dealkylation sites (N-methyl/N-ethyl adjacent to an activating group) is 1. The zero-order valence-electron chi connectivity index (χ0n) is 10.4. The Hall–Kier alpha value is -1.60. The van der Waals surface area contributed by atoms with Gasteiger partial charge in [0.2, 0.25) is 10.0 Å². The minimum Gasteiger partial charge on any atom is -0.497 e. The van der Waals surface area contributed by atoms with E-state index in [2.05, 4.69) is 0 Å². The van der Waals surface area contributed by atoms with E-state index in [1.807, 2.05) is 0 Å². The Morgan fingerprint density at radius 3 is 2.44 bits per heavy atom. The lowest BCUT2D eigenvalue weighted by atomic mass is 10.3. The van der Waals surface area contributed by atoms with Crippen molar-refractivity contribution in [2.24, 2.45) is 0 Å². The van der Waals surface area contributed by atoms with Crippen LogP contribution in [0.3, 0.4) is 0 Å². The molecule has 0 radical (unpaired) electrons. The maximum atomic E-state index is 12.1. The fourth-order valence-electron chi connectivity index (χ4n) is 1.36. The van der Waals surface area contributed by atoms with Gasteiger partial charge in [0, 0.05) is 13.1 Å². The van der Waals surface area contributed by atoms with E-state index in [0.29, 0.717) is 12.0 Å². The summed E-state index contributed by atoms with van der Waals surface area (Å²) in [4.78, 5) is 10.4. The summed E-state index contributed by atoms with van der Waals surface area (Å²) in [6.07, 6.45) is 0.521. The van der Waals surface area contributed by atoms with E-state index in [0.717, 1.165) is 4.31 Å². The van der Waals surface area contributed by atoms with E-state index in [9.17, 15) is 13.2 Å². The molecule has 18 heavy (non-hydrogen) atoms. The molecule has 7 heteroatoms. The highest BCUT2D eigenvalue weighted by Crippen LogP contribution is 2.29. The van der Waals surface area contributed by atoms with Gasteiger partial charge in [-0.15, -0.1) is 0 Å². The third-order valence-corrected chi connectivity index (χ3v) is 4.25. The Morgan fingerprint density at radius 2 is 1.94 bits per heavy atom. The second-order valence-electron chi connectivity index (χ2n) is 3.47. The summed E-state index contributed by atoms with van der Waals surface area (Å²) in [6, 6.07) is 4.38. The Morgan fingerprint density at radius 1 is 1.28 bits per heavy atom. The van der Waals surface area contributed by atoms with E-state index in [1.54, 1.807) is 0 Å². The van der Waals surface area contributed by atoms with Crippen LogP contribution < -0.4 is 9.47 Å². The van der Waals surface area contributed by atoms with Crippen LogP contribution >= 0.6 is 0 Å². The van der Waals surface area contributed by atoms with Gasteiger partial charge >= 0.3 is 0 Å². The van der Waals surface area contributed by atoms with Crippen LogP contribution in [0.5, 0.6) is 11.5 Å². The molecule has 0 N–H and O–H groups in total. The first-order valence-corrected chi connectivity index (χ1v) is 6.53. The summed E-state index contributed by atoms with van der Waals surface area (Å²) < 4.78 is 35.3. The number of hydrogen-bond acceptors (Lipinski definition) is 5. The molecule has 0 aliphatic heterocycles. The third kappa shape index (κ3) is 2.80. The quantitative estimate of drug-likeness (QED) is 0.707. The molecule has 0 fully saturated rings. The molecule has 1 rings (SSSR count). The summed E-state index contributed by atoms with van der Waals surface area (Å²) in [5.74, 6) is 0.663. The van der Waals surface area contributed by atoms with E-state index >= 15 is 0 Å². The molecule has 6 nitrogen and oxygen atoms in total. The van der Waals surface area contributed by atoms with Crippen LogP contribution in [-0.4, -0.2) is 46.8 Å². The second-order valence-corrected chi connectivity index (χ2v) is 5.48. The van der Waals surface area contributed by atoms with E-state index < -0.39 is 10.0 Å². The molecule has 0 saturated carbocycles. The Labute approximate surface area is 106 Å². The molecule has 0 aromatic heterocycles. The van der Waals surface area contributed by atoms with Crippen LogP contribution in [0.1, 0.15) is 0 Å². The van der Waals surface area contributed by atoms with Crippen LogP contribution in [0.2, 0.25) is 0 Å². The molecule has 0 bridgehead atoms. The van der Waals surface area contributed by atoms with Crippen LogP contribution in [-0.2, 0) is 14.8 Å². The second kappa shape index (κ2) is 5.83. The molecule has 100 valence electrons. The van der Waals surface area contributed by atoms with Gasteiger partial charge in [0.15, 0.2) is 0 Å². The molecule has 0 spiro atoms. The van der Waals surface area contributed by atoms with Gasteiger partial charge in [-0.05, 0) is 12.1 Å². The highest BCUT2D eigenvalue weighted by atomic mass is 32.2. The van der Waals surface area contributed by atoms with Gasteiger partial charge in [-0.2, -0.15) is 4.31 Å². The van der Waals surface area contributed by atoms with Crippen molar-refractivity contribution in [3.63, 3.8) is 0 Å². The number of rotatable bonds is 6. The number of aldehydes is 1. The predicted octanol–water partition coefficient (Wildman–Crippen LogP) is 0.523. The fraction of sp³-hybridized carbons (Fsp3) is 0.364. The number of carbonyl (C=O) groups excluding carboxylic acids is 1. The molecule has 1 aromatic carbocycles. The largest absolute Gasteiger partial charge is 0.497 e. The highest BCUT2D eigenvalue weighted by Gasteiger charge is 2.24. The van der Waals surface area contributed by atoms with Gasteiger partial charge in [0.1, 0.15) is 22.7 Å². The maximum absolute atomic E-state index is 12.1. The maximum Gasteiger partial charge on any atom is 0.246 e. The monoisotopic (exact) mass is 273 g/mol. The number of carbonyl (C=O) groups is 1. The Bertz CT molecular complexity index is 526. The SMILES string of the molecule is COc1ccc(S(=O)(=O)N(C)CC=O)c(OC)c1. The molecular formula is C11H15NO5S. The number of sulfonamides is 1. The first-order chi connectivity index (χ1) is 8.47. The van der Waals surface area contributed by atoms with Gasteiger partial charge in [-0.3, -0.25) is 0 Å². The summed E-state index contributed by atoms with van der Waals surface area (Å²) >= 11 is 0. The van der Waals surface area contributed by atoms with Gasteiger partial charge in [-0.1, -0.05) is 0 Å². The predicted molar refractivity (Wildman–Crippen MR) is 65.4 cm³/mol. The van der Waals surface area contributed by atoms with E-state index in [4.69, 9.17) is 9.47 Å². The molecule has 1 aromatic rings.